The van der Waals surface area contributed by atoms with Crippen molar-refractivity contribution < 1.29 is 4.79 Å². The van der Waals surface area contributed by atoms with Crippen LogP contribution in [0.1, 0.15) is 16.1 Å². The minimum atomic E-state index is -0.326. The molecule has 2 N–H and O–H groups in total. The molecule has 0 bridgehead atoms. The number of anilines is 3. The van der Waals surface area contributed by atoms with E-state index >= 15 is 0 Å². The van der Waals surface area contributed by atoms with Crippen LogP contribution in [0.4, 0.5) is 16.8 Å². The van der Waals surface area contributed by atoms with Gasteiger partial charge in [0, 0.05) is 23.5 Å². The van der Waals surface area contributed by atoms with E-state index in [0.717, 1.165) is 0 Å². The van der Waals surface area contributed by atoms with Gasteiger partial charge in [-0.1, -0.05) is 0 Å². The molecule has 7 nitrogen and oxygen atoms in total. The van der Waals surface area contributed by atoms with E-state index in [0.29, 0.717) is 22.3 Å². The molecule has 3 aromatic rings. The number of aromatic nitrogens is 3. The van der Waals surface area contributed by atoms with E-state index < -0.39 is 0 Å². The van der Waals surface area contributed by atoms with Gasteiger partial charge in [-0.3, -0.25) is 4.79 Å². The van der Waals surface area contributed by atoms with Crippen molar-refractivity contribution in [1.82, 2.24) is 15.0 Å². The monoisotopic (exact) mass is 322 g/mol. The molecule has 2 aromatic heterocycles. The number of carbonyl (C=O) groups excluding carboxylic acids is 1. The lowest BCUT2D eigenvalue weighted by Gasteiger charge is -2.02. The van der Waals surface area contributed by atoms with Crippen LogP contribution >= 0.6 is 11.3 Å². The minimum absolute atomic E-state index is 0.290. The number of thiazole rings is 1. The fraction of sp³-hybridized carbons (Fsp3) is 0. The predicted molar refractivity (Wildman–Crippen MR) is 86.5 cm³/mol. The van der Waals surface area contributed by atoms with Crippen LogP contribution in [-0.4, -0.2) is 20.9 Å². The smallest absolute Gasteiger partial charge is 0.275 e. The lowest BCUT2D eigenvalue weighted by atomic mass is 10.2. The molecular formula is C15H10N6OS. The third-order valence-electron chi connectivity index (χ3n) is 2.79. The fourth-order valence-electron chi connectivity index (χ4n) is 1.72. The summed E-state index contributed by atoms with van der Waals surface area (Å²) in [6, 6.07) is 10.3. The Kier molecular flexibility index (Phi) is 4.22. The molecular weight excluding hydrogens is 312 g/mol. The molecule has 0 aliphatic carbocycles. The second-order valence-electron chi connectivity index (χ2n) is 4.38. The maximum absolute atomic E-state index is 12.1. The first-order valence-corrected chi connectivity index (χ1v) is 7.43. The first kappa shape index (κ1) is 14.6. The predicted octanol–water partition coefficient (Wildman–Crippen LogP) is 2.80. The third kappa shape index (κ3) is 3.66. The number of benzene rings is 1. The largest absolute Gasteiger partial charge is 0.321 e. The molecule has 0 radical (unpaired) electrons. The molecule has 0 aliphatic heterocycles. The summed E-state index contributed by atoms with van der Waals surface area (Å²) in [4.78, 5) is 24.4. The molecule has 23 heavy (non-hydrogen) atoms. The van der Waals surface area contributed by atoms with Gasteiger partial charge in [0.15, 0.2) is 5.13 Å². The quantitative estimate of drug-likeness (QED) is 0.765. The van der Waals surface area contributed by atoms with Crippen molar-refractivity contribution >= 4 is 34.0 Å². The molecule has 1 amide bonds. The molecule has 0 unspecified atom stereocenters. The van der Waals surface area contributed by atoms with E-state index in [-0.39, 0.29) is 11.6 Å². The van der Waals surface area contributed by atoms with Gasteiger partial charge in [-0.15, -0.1) is 11.3 Å². The third-order valence-corrected chi connectivity index (χ3v) is 3.55. The number of nitrogens with zero attached hydrogens (tertiary/aromatic N) is 4. The average molecular weight is 322 g/mol. The van der Waals surface area contributed by atoms with Gasteiger partial charge in [0.2, 0.25) is 5.95 Å². The van der Waals surface area contributed by atoms with Gasteiger partial charge in [-0.05, 0) is 30.3 Å². The van der Waals surface area contributed by atoms with E-state index in [9.17, 15) is 4.79 Å². The number of rotatable bonds is 4. The molecule has 0 aliphatic rings. The maximum atomic E-state index is 12.1. The number of hydrogen-bond donors (Lipinski definition) is 2. The Labute approximate surface area is 135 Å². The van der Waals surface area contributed by atoms with Crippen LogP contribution in [0, 0.1) is 11.3 Å². The summed E-state index contributed by atoms with van der Waals surface area (Å²) in [5, 5.41) is 16.6. The summed E-state index contributed by atoms with van der Waals surface area (Å²) in [6.45, 7) is 0. The lowest BCUT2D eigenvalue weighted by Crippen LogP contribution is -2.12. The normalized spacial score (nSPS) is 9.87. The molecule has 112 valence electrons. The fourth-order valence-corrected chi connectivity index (χ4v) is 2.40. The second-order valence-corrected chi connectivity index (χ2v) is 5.24. The summed E-state index contributed by atoms with van der Waals surface area (Å²) in [5.74, 6) is 0.0916. The van der Waals surface area contributed by atoms with Crippen molar-refractivity contribution in [1.29, 1.82) is 5.26 Å². The van der Waals surface area contributed by atoms with Crippen molar-refractivity contribution in [2.24, 2.45) is 0 Å². The van der Waals surface area contributed by atoms with Crippen LogP contribution < -0.4 is 10.6 Å². The lowest BCUT2D eigenvalue weighted by molar-refractivity contribution is 0.102. The van der Waals surface area contributed by atoms with E-state index in [1.807, 2.05) is 6.07 Å². The number of hydrogen-bond acceptors (Lipinski definition) is 7. The molecule has 3 rings (SSSR count). The minimum Gasteiger partial charge on any atom is -0.321 e. The molecule has 1 aromatic carbocycles. The molecule has 0 fully saturated rings. The number of nitrogens with one attached hydrogen (secondary N) is 2. The Bertz CT molecular complexity index is 854. The number of amides is 1. The highest BCUT2D eigenvalue weighted by Gasteiger charge is 2.11. The van der Waals surface area contributed by atoms with Gasteiger partial charge in [0.05, 0.1) is 11.6 Å². The van der Waals surface area contributed by atoms with Gasteiger partial charge in [-0.25, -0.2) is 15.0 Å². The first-order chi connectivity index (χ1) is 11.2. The van der Waals surface area contributed by atoms with Gasteiger partial charge in [-0.2, -0.15) is 5.26 Å². The molecule has 2 heterocycles. The summed E-state index contributed by atoms with van der Waals surface area (Å²) >= 11 is 1.28. The second kappa shape index (κ2) is 6.64. The van der Waals surface area contributed by atoms with Crippen molar-refractivity contribution in [2.75, 3.05) is 10.6 Å². The van der Waals surface area contributed by atoms with Crippen LogP contribution in [0.2, 0.25) is 0 Å². The van der Waals surface area contributed by atoms with Crippen molar-refractivity contribution in [3.05, 3.63) is 59.4 Å². The Hall–Kier alpha value is -3.31. The van der Waals surface area contributed by atoms with E-state index in [4.69, 9.17) is 5.26 Å². The zero-order valence-corrected chi connectivity index (χ0v) is 12.5. The highest BCUT2D eigenvalue weighted by molar-refractivity contribution is 7.14. The van der Waals surface area contributed by atoms with Gasteiger partial charge in [0.1, 0.15) is 5.69 Å². The maximum Gasteiger partial charge on any atom is 0.275 e. The number of nitriles is 1. The standard InChI is InChI=1S/C15H10N6OS/c16-8-10-2-4-11(5-3-10)19-13(22)12-9-23-15(20-12)21-14-17-6-1-7-18-14/h1-7,9H,(H,19,22)(H,17,18,20,21). The van der Waals surface area contributed by atoms with Crippen LogP contribution in [-0.2, 0) is 0 Å². The van der Waals surface area contributed by atoms with E-state index in [1.165, 1.54) is 11.3 Å². The highest BCUT2D eigenvalue weighted by atomic mass is 32.1. The first-order valence-electron chi connectivity index (χ1n) is 6.56. The highest BCUT2D eigenvalue weighted by Crippen LogP contribution is 2.19. The Balaban J connectivity index is 1.67. The van der Waals surface area contributed by atoms with Crippen LogP contribution in [0.25, 0.3) is 0 Å². The van der Waals surface area contributed by atoms with E-state index in [1.54, 1.807) is 48.1 Å². The molecule has 0 saturated carbocycles. The van der Waals surface area contributed by atoms with Crippen molar-refractivity contribution in [2.45, 2.75) is 0 Å². The Morgan fingerprint density at radius 1 is 1.17 bits per heavy atom. The number of carbonyl (C=O) groups is 1. The van der Waals surface area contributed by atoms with E-state index in [2.05, 4.69) is 25.6 Å². The van der Waals surface area contributed by atoms with Gasteiger partial charge >= 0.3 is 0 Å². The molecule has 0 spiro atoms. The average Bonchev–Trinajstić information content (AvgIpc) is 3.05. The zero-order valence-electron chi connectivity index (χ0n) is 11.7. The van der Waals surface area contributed by atoms with Gasteiger partial charge < -0.3 is 10.6 Å². The van der Waals surface area contributed by atoms with Crippen LogP contribution in [0.3, 0.4) is 0 Å². The summed E-state index contributed by atoms with van der Waals surface area (Å²) < 4.78 is 0. The Morgan fingerprint density at radius 3 is 2.61 bits per heavy atom. The molecule has 0 atom stereocenters. The zero-order chi connectivity index (χ0) is 16.1. The topological polar surface area (TPSA) is 104 Å². The van der Waals surface area contributed by atoms with Crippen LogP contribution in [0.15, 0.2) is 48.1 Å². The molecule has 8 heteroatoms. The van der Waals surface area contributed by atoms with Crippen LogP contribution in [0.5, 0.6) is 0 Å². The Morgan fingerprint density at radius 2 is 1.91 bits per heavy atom. The summed E-state index contributed by atoms with van der Waals surface area (Å²) in [5.41, 5.74) is 1.42. The SMILES string of the molecule is N#Cc1ccc(NC(=O)c2csc(Nc3ncccn3)n2)cc1. The summed E-state index contributed by atoms with van der Waals surface area (Å²) in [7, 11) is 0. The van der Waals surface area contributed by atoms with Crippen molar-refractivity contribution in [3.8, 4) is 6.07 Å². The summed E-state index contributed by atoms with van der Waals surface area (Å²) in [6.07, 6.45) is 3.23. The van der Waals surface area contributed by atoms with Gasteiger partial charge in [0.25, 0.3) is 5.91 Å². The van der Waals surface area contributed by atoms with Crippen molar-refractivity contribution in [3.63, 3.8) is 0 Å². The molecule has 0 saturated heterocycles.